The Morgan fingerprint density at radius 1 is 1.54 bits per heavy atom. The molecule has 1 aliphatic rings. The van der Waals surface area contributed by atoms with Crippen LogP contribution < -0.4 is 0 Å². The lowest BCUT2D eigenvalue weighted by atomic mass is 10.0. The van der Waals surface area contributed by atoms with Crippen molar-refractivity contribution in [3.05, 3.63) is 0 Å². The van der Waals surface area contributed by atoms with E-state index in [-0.39, 0.29) is 11.4 Å². The summed E-state index contributed by atoms with van der Waals surface area (Å²) in [5.74, 6) is 0.0787. The quantitative estimate of drug-likeness (QED) is 0.663. The first kappa shape index (κ1) is 11.0. The third kappa shape index (κ3) is 2.23. The summed E-state index contributed by atoms with van der Waals surface area (Å²) in [5.41, 5.74) is -0.178. The largest absolute Gasteiger partial charge is 0.359 e. The van der Waals surface area contributed by atoms with Crippen LogP contribution in [0.1, 0.15) is 27.7 Å². The molecule has 1 aliphatic heterocycles. The fraction of sp³-hybridized carbons (Fsp3) is 0.889. The summed E-state index contributed by atoms with van der Waals surface area (Å²) in [5, 5.41) is 0. The van der Waals surface area contributed by atoms with Crippen LogP contribution in [0.5, 0.6) is 0 Å². The molecule has 0 aromatic carbocycles. The smallest absolute Gasteiger partial charge is 0.241 e. The first-order valence-corrected chi connectivity index (χ1v) is 5.13. The molecule has 0 aromatic rings. The van der Waals surface area contributed by atoms with Gasteiger partial charge >= 0.3 is 0 Å². The van der Waals surface area contributed by atoms with Gasteiger partial charge in [0, 0.05) is 0 Å². The Morgan fingerprint density at radius 2 is 2.08 bits per heavy atom. The molecule has 0 aromatic heterocycles. The van der Waals surface area contributed by atoms with Crippen LogP contribution in [0.15, 0.2) is 0 Å². The highest BCUT2D eigenvalue weighted by atomic mass is 79.9. The van der Waals surface area contributed by atoms with Crippen molar-refractivity contribution in [1.82, 2.24) is 4.90 Å². The fourth-order valence-electron chi connectivity index (χ4n) is 1.29. The van der Waals surface area contributed by atoms with Gasteiger partial charge in [0.2, 0.25) is 5.91 Å². The van der Waals surface area contributed by atoms with Crippen LogP contribution >= 0.6 is 15.9 Å². The highest BCUT2D eigenvalue weighted by molar-refractivity contribution is 9.10. The highest BCUT2D eigenvalue weighted by Gasteiger charge is 2.41. The van der Waals surface area contributed by atoms with E-state index in [1.807, 2.05) is 27.7 Å². The average molecular weight is 250 g/mol. The van der Waals surface area contributed by atoms with Gasteiger partial charge in [-0.2, -0.15) is 0 Å². The summed E-state index contributed by atoms with van der Waals surface area (Å²) >= 11 is 3.36. The summed E-state index contributed by atoms with van der Waals surface area (Å²) in [6, 6.07) is 0. The average Bonchev–Trinajstić information content (AvgIpc) is 2.26. The van der Waals surface area contributed by atoms with E-state index in [2.05, 4.69) is 15.9 Å². The fourth-order valence-corrected chi connectivity index (χ4v) is 1.51. The van der Waals surface area contributed by atoms with Crippen LogP contribution in [0.25, 0.3) is 0 Å². The van der Waals surface area contributed by atoms with Gasteiger partial charge in [-0.3, -0.25) is 4.79 Å². The molecule has 1 rings (SSSR count). The van der Waals surface area contributed by atoms with Gasteiger partial charge in [0.25, 0.3) is 0 Å². The van der Waals surface area contributed by atoms with Crippen LogP contribution in [0.3, 0.4) is 0 Å². The molecule has 1 saturated heterocycles. The maximum atomic E-state index is 11.9. The van der Waals surface area contributed by atoms with Gasteiger partial charge in [0.1, 0.15) is 6.73 Å². The Labute approximate surface area is 87.6 Å². The van der Waals surface area contributed by atoms with Crippen LogP contribution in [0.4, 0.5) is 0 Å². The van der Waals surface area contributed by atoms with Gasteiger partial charge in [0.15, 0.2) is 0 Å². The zero-order valence-corrected chi connectivity index (χ0v) is 10.1. The second-order valence-corrected chi connectivity index (χ2v) is 6.48. The number of ether oxygens (including phenoxy) is 1. The maximum absolute atomic E-state index is 11.9. The van der Waals surface area contributed by atoms with Crippen LogP contribution in [0, 0.1) is 0 Å². The van der Waals surface area contributed by atoms with E-state index in [9.17, 15) is 4.79 Å². The minimum Gasteiger partial charge on any atom is -0.359 e. The monoisotopic (exact) mass is 249 g/mol. The summed E-state index contributed by atoms with van der Waals surface area (Å²) in [7, 11) is 0. The molecule has 1 heterocycles. The van der Waals surface area contributed by atoms with E-state index in [1.165, 1.54) is 0 Å². The molecule has 0 N–H and O–H groups in total. The van der Waals surface area contributed by atoms with E-state index in [4.69, 9.17) is 4.74 Å². The molecule has 3 nitrogen and oxygen atoms in total. The highest BCUT2D eigenvalue weighted by Crippen LogP contribution is 2.28. The lowest BCUT2D eigenvalue weighted by Gasteiger charge is -2.33. The standard InChI is InChI=1S/C9H16BrNO2/c1-8(2)5-13-6-11(8)7(12)9(3,4)10/h5-6H2,1-4H3. The Morgan fingerprint density at radius 3 is 2.38 bits per heavy atom. The summed E-state index contributed by atoms with van der Waals surface area (Å²) in [6.07, 6.45) is 0. The van der Waals surface area contributed by atoms with Crippen LogP contribution in [-0.2, 0) is 9.53 Å². The Bertz CT molecular complexity index is 220. The predicted molar refractivity (Wildman–Crippen MR) is 54.8 cm³/mol. The van der Waals surface area contributed by atoms with Crippen molar-refractivity contribution in [2.45, 2.75) is 37.6 Å². The number of carbonyl (C=O) groups excluding carboxylic acids is 1. The molecule has 13 heavy (non-hydrogen) atoms. The van der Waals surface area contributed by atoms with E-state index in [0.717, 1.165) is 0 Å². The van der Waals surface area contributed by atoms with Gasteiger partial charge in [-0.1, -0.05) is 15.9 Å². The predicted octanol–water partition coefficient (Wildman–Crippen LogP) is 1.75. The topological polar surface area (TPSA) is 29.5 Å². The number of rotatable bonds is 1. The molecule has 0 bridgehead atoms. The molecule has 0 atom stereocenters. The van der Waals surface area contributed by atoms with E-state index in [0.29, 0.717) is 13.3 Å². The Balaban J connectivity index is 2.79. The van der Waals surface area contributed by atoms with Crippen LogP contribution in [-0.4, -0.2) is 34.0 Å². The normalized spacial score (nSPS) is 22.1. The van der Waals surface area contributed by atoms with Crippen molar-refractivity contribution in [3.63, 3.8) is 0 Å². The molecule has 0 aliphatic carbocycles. The van der Waals surface area contributed by atoms with Crippen molar-refractivity contribution in [3.8, 4) is 0 Å². The summed E-state index contributed by atoms with van der Waals surface area (Å²) in [4.78, 5) is 13.6. The molecule has 4 heteroatoms. The van der Waals surface area contributed by atoms with Crippen molar-refractivity contribution >= 4 is 21.8 Å². The number of hydrogen-bond donors (Lipinski definition) is 0. The lowest BCUT2D eigenvalue weighted by molar-refractivity contribution is -0.136. The molecule has 0 saturated carbocycles. The van der Waals surface area contributed by atoms with Gasteiger partial charge in [0.05, 0.1) is 16.5 Å². The molecule has 0 radical (unpaired) electrons. The van der Waals surface area contributed by atoms with E-state index < -0.39 is 4.32 Å². The molecular weight excluding hydrogens is 234 g/mol. The third-order valence-electron chi connectivity index (χ3n) is 2.16. The van der Waals surface area contributed by atoms with Gasteiger partial charge in [-0.15, -0.1) is 0 Å². The molecule has 0 spiro atoms. The minimum atomic E-state index is -0.502. The summed E-state index contributed by atoms with van der Waals surface area (Å²) < 4.78 is 4.77. The van der Waals surface area contributed by atoms with Crippen molar-refractivity contribution < 1.29 is 9.53 Å². The molecule has 0 unspecified atom stereocenters. The zero-order valence-electron chi connectivity index (χ0n) is 8.56. The molecular formula is C9H16BrNO2. The second kappa shape index (κ2) is 3.24. The first-order valence-electron chi connectivity index (χ1n) is 4.34. The van der Waals surface area contributed by atoms with Gasteiger partial charge < -0.3 is 9.64 Å². The summed E-state index contributed by atoms with van der Waals surface area (Å²) in [6.45, 7) is 8.74. The first-order chi connectivity index (χ1) is 5.75. The maximum Gasteiger partial charge on any atom is 0.241 e. The van der Waals surface area contributed by atoms with Gasteiger partial charge in [-0.05, 0) is 27.7 Å². The number of hydrogen-bond acceptors (Lipinski definition) is 2. The number of amides is 1. The third-order valence-corrected chi connectivity index (χ3v) is 2.50. The van der Waals surface area contributed by atoms with Crippen LogP contribution in [0.2, 0.25) is 0 Å². The number of alkyl halides is 1. The lowest BCUT2D eigenvalue weighted by Crippen LogP contribution is -2.50. The van der Waals surface area contributed by atoms with Crippen molar-refractivity contribution in [1.29, 1.82) is 0 Å². The Hall–Kier alpha value is -0.0900. The molecule has 1 amide bonds. The minimum absolute atomic E-state index is 0.0787. The van der Waals surface area contributed by atoms with Crippen molar-refractivity contribution in [2.24, 2.45) is 0 Å². The zero-order chi connectivity index (χ0) is 10.3. The number of nitrogens with zero attached hydrogens (tertiary/aromatic N) is 1. The van der Waals surface area contributed by atoms with E-state index in [1.54, 1.807) is 4.90 Å². The molecule has 1 fully saturated rings. The molecule has 76 valence electrons. The number of halogens is 1. The van der Waals surface area contributed by atoms with Gasteiger partial charge in [-0.25, -0.2) is 0 Å². The Kier molecular flexibility index (Phi) is 2.74. The van der Waals surface area contributed by atoms with Crippen molar-refractivity contribution in [2.75, 3.05) is 13.3 Å². The second-order valence-electron chi connectivity index (χ2n) is 4.50. The SMILES string of the molecule is CC(C)(Br)C(=O)N1COCC1(C)C. The number of carbonyl (C=O) groups is 1. The van der Waals surface area contributed by atoms with E-state index >= 15 is 0 Å².